The van der Waals surface area contributed by atoms with Crippen LogP contribution in [0.5, 0.6) is 0 Å². The van der Waals surface area contributed by atoms with Crippen molar-refractivity contribution in [3.63, 3.8) is 0 Å². The van der Waals surface area contributed by atoms with Gasteiger partial charge < -0.3 is 15.2 Å². The molecule has 156 valence electrons. The molecule has 3 heterocycles. The van der Waals surface area contributed by atoms with E-state index in [0.717, 1.165) is 24.8 Å². The minimum atomic E-state index is -1.29. The second-order valence-corrected chi connectivity index (χ2v) is 8.05. The molecule has 28 heavy (non-hydrogen) atoms. The largest absolute Gasteiger partial charge is 0.381 e. The van der Waals surface area contributed by atoms with E-state index >= 15 is 4.39 Å². The number of hydrogen-bond donors (Lipinski definition) is 1. The molecule has 1 saturated carbocycles. The number of piperidine rings is 1. The Bertz CT molecular complexity index is 700. The van der Waals surface area contributed by atoms with Crippen molar-refractivity contribution in [3.05, 3.63) is 29.6 Å². The molecule has 8 heteroatoms. The van der Waals surface area contributed by atoms with Crippen LogP contribution in [0.2, 0.25) is 0 Å². The zero-order valence-corrected chi connectivity index (χ0v) is 17.0. The Morgan fingerprint density at radius 1 is 1.32 bits per heavy atom. The fourth-order valence-corrected chi connectivity index (χ4v) is 5.49. The van der Waals surface area contributed by atoms with E-state index in [2.05, 4.69) is 4.98 Å². The Labute approximate surface area is 171 Å². The molecule has 1 aromatic rings. The molecule has 2 aliphatic heterocycles. The van der Waals surface area contributed by atoms with Crippen molar-refractivity contribution in [3.8, 4) is 0 Å². The van der Waals surface area contributed by atoms with Crippen molar-refractivity contribution in [2.24, 2.45) is 17.6 Å². The number of rotatable bonds is 4. The molecule has 2 atom stereocenters. The van der Waals surface area contributed by atoms with E-state index in [1.807, 2.05) is 11.0 Å². The molecule has 2 N–H and O–H groups in total. The summed E-state index contributed by atoms with van der Waals surface area (Å²) in [4.78, 5) is 17.7. The van der Waals surface area contributed by atoms with Crippen LogP contribution in [-0.4, -0.2) is 55.0 Å². The summed E-state index contributed by atoms with van der Waals surface area (Å²) in [7, 11) is 1.73. The van der Waals surface area contributed by atoms with Gasteiger partial charge in [0.1, 0.15) is 11.3 Å². The summed E-state index contributed by atoms with van der Waals surface area (Å²) >= 11 is 0. The van der Waals surface area contributed by atoms with Crippen LogP contribution in [0.4, 0.5) is 4.39 Å². The van der Waals surface area contributed by atoms with E-state index in [0.29, 0.717) is 39.1 Å². The molecule has 0 aromatic carbocycles. The van der Waals surface area contributed by atoms with Gasteiger partial charge >= 0.3 is 0 Å². The lowest BCUT2D eigenvalue weighted by Crippen LogP contribution is -2.64. The number of methoxy groups -OCH3 is 1. The second-order valence-electron chi connectivity index (χ2n) is 8.05. The van der Waals surface area contributed by atoms with Crippen molar-refractivity contribution in [1.29, 1.82) is 0 Å². The smallest absolute Gasteiger partial charge is 0.267 e. The number of primary amides is 1. The third-order valence-electron chi connectivity index (χ3n) is 6.83. The number of likely N-dealkylation sites (tertiary alicyclic amines) is 1. The van der Waals surface area contributed by atoms with Gasteiger partial charge in [0.05, 0.1) is 13.2 Å². The summed E-state index contributed by atoms with van der Waals surface area (Å²) in [5, 5.41) is 0. The van der Waals surface area contributed by atoms with Crippen molar-refractivity contribution in [2.75, 3.05) is 33.4 Å². The number of amides is 1. The predicted molar refractivity (Wildman–Crippen MR) is 105 cm³/mol. The van der Waals surface area contributed by atoms with Gasteiger partial charge in [-0.2, -0.15) is 0 Å². The van der Waals surface area contributed by atoms with Crippen LogP contribution in [0.25, 0.3) is 0 Å². The molecule has 3 aliphatic rings. The van der Waals surface area contributed by atoms with E-state index in [4.69, 9.17) is 15.2 Å². The third kappa shape index (κ3) is 3.43. The summed E-state index contributed by atoms with van der Waals surface area (Å²) in [5.41, 5.74) is 6.09. The first kappa shape index (κ1) is 21.4. The SMILES string of the molecule is COC1(c2ccnc(C(N)=O)c2)C2CCCC1CN(C1(F)CCOCC1)C2.Cl. The van der Waals surface area contributed by atoms with Crippen LogP contribution in [-0.2, 0) is 15.1 Å². The monoisotopic (exact) mass is 413 g/mol. The number of carbonyl (C=O) groups is 1. The second kappa shape index (κ2) is 8.22. The molecular formula is C20H29ClFN3O3. The van der Waals surface area contributed by atoms with Gasteiger partial charge in [0.2, 0.25) is 0 Å². The Morgan fingerprint density at radius 3 is 2.54 bits per heavy atom. The van der Waals surface area contributed by atoms with E-state index < -0.39 is 17.3 Å². The maximum Gasteiger partial charge on any atom is 0.267 e. The first-order valence-corrected chi connectivity index (χ1v) is 9.83. The number of hydrogen-bond acceptors (Lipinski definition) is 5. The molecule has 6 nitrogen and oxygen atoms in total. The summed E-state index contributed by atoms with van der Waals surface area (Å²) in [6.07, 6.45) is 5.53. The van der Waals surface area contributed by atoms with Crippen molar-refractivity contribution in [1.82, 2.24) is 9.88 Å². The molecule has 0 radical (unpaired) electrons. The van der Waals surface area contributed by atoms with Gasteiger partial charge in [-0.3, -0.25) is 14.7 Å². The number of nitrogens with zero attached hydrogens (tertiary/aromatic N) is 2. The van der Waals surface area contributed by atoms with Crippen molar-refractivity contribution < 1.29 is 18.7 Å². The summed E-state index contributed by atoms with van der Waals surface area (Å²) in [6.45, 7) is 2.25. The van der Waals surface area contributed by atoms with Gasteiger partial charge in [0.15, 0.2) is 5.79 Å². The zero-order valence-electron chi connectivity index (χ0n) is 16.2. The molecule has 2 unspecified atom stereocenters. The van der Waals surface area contributed by atoms with Crippen LogP contribution in [0.3, 0.4) is 0 Å². The van der Waals surface area contributed by atoms with Gasteiger partial charge in [-0.1, -0.05) is 6.42 Å². The van der Waals surface area contributed by atoms with Gasteiger partial charge in [0.25, 0.3) is 5.91 Å². The number of carbonyl (C=O) groups excluding carboxylic acids is 1. The van der Waals surface area contributed by atoms with E-state index in [9.17, 15) is 4.79 Å². The fourth-order valence-electron chi connectivity index (χ4n) is 5.49. The highest BCUT2D eigenvalue weighted by Gasteiger charge is 2.56. The van der Waals surface area contributed by atoms with Gasteiger partial charge in [0, 0.05) is 51.1 Å². The number of ether oxygens (including phenoxy) is 2. The molecule has 2 bridgehead atoms. The number of fused-ring (bicyclic) bond motifs is 2. The lowest BCUT2D eigenvalue weighted by atomic mass is 9.62. The lowest BCUT2D eigenvalue weighted by molar-refractivity contribution is -0.211. The highest BCUT2D eigenvalue weighted by molar-refractivity contribution is 5.90. The zero-order chi connectivity index (χ0) is 19.1. The third-order valence-corrected chi connectivity index (χ3v) is 6.83. The molecule has 0 spiro atoms. The first-order valence-electron chi connectivity index (χ1n) is 9.83. The summed E-state index contributed by atoms with van der Waals surface area (Å²) in [5.74, 6) is -1.51. The number of aromatic nitrogens is 1. The maximum absolute atomic E-state index is 15.6. The molecule has 4 rings (SSSR count). The van der Waals surface area contributed by atoms with Crippen LogP contribution < -0.4 is 5.73 Å². The van der Waals surface area contributed by atoms with E-state index in [1.54, 1.807) is 19.4 Å². The topological polar surface area (TPSA) is 77.7 Å². The number of alkyl halides is 1. The first-order chi connectivity index (χ1) is 13.0. The van der Waals surface area contributed by atoms with E-state index in [1.165, 1.54) is 0 Å². The Morgan fingerprint density at radius 2 is 1.96 bits per heavy atom. The Balaban J connectivity index is 0.00000225. The van der Waals surface area contributed by atoms with E-state index in [-0.39, 0.29) is 29.9 Å². The molecule has 3 fully saturated rings. The predicted octanol–water partition coefficient (Wildman–Crippen LogP) is 2.65. The highest BCUT2D eigenvalue weighted by atomic mass is 35.5. The van der Waals surface area contributed by atoms with Gasteiger partial charge in [-0.25, -0.2) is 4.39 Å². The van der Waals surface area contributed by atoms with Gasteiger partial charge in [-0.05, 0) is 30.5 Å². The highest BCUT2D eigenvalue weighted by Crippen LogP contribution is 2.53. The van der Waals surface area contributed by atoms with Crippen LogP contribution >= 0.6 is 12.4 Å². The molecule has 1 aromatic heterocycles. The van der Waals surface area contributed by atoms with Crippen molar-refractivity contribution >= 4 is 18.3 Å². The standard InChI is InChI=1S/C20H28FN3O3.ClH/c1-26-20(14-5-8-23-17(11-14)18(22)25)15-3-2-4-16(20)13-24(12-15)19(21)6-9-27-10-7-19;/h5,8,11,15-16H,2-4,6-7,9-10,12-13H2,1H3,(H2,22,25);1H. The minimum absolute atomic E-state index is 0. The van der Waals surface area contributed by atoms with Crippen LogP contribution in [0.1, 0.15) is 48.2 Å². The quantitative estimate of drug-likeness (QED) is 0.768. The van der Waals surface area contributed by atoms with Crippen LogP contribution in [0.15, 0.2) is 18.3 Å². The van der Waals surface area contributed by atoms with Crippen LogP contribution in [0, 0.1) is 11.8 Å². The Hall–Kier alpha value is -1.28. The summed E-state index contributed by atoms with van der Waals surface area (Å²) in [6, 6.07) is 3.67. The molecule has 2 saturated heterocycles. The average Bonchev–Trinajstić information content (AvgIpc) is 2.67. The summed E-state index contributed by atoms with van der Waals surface area (Å²) < 4.78 is 27.2. The Kier molecular flexibility index (Phi) is 6.29. The molecule has 1 amide bonds. The van der Waals surface area contributed by atoms with Gasteiger partial charge in [-0.15, -0.1) is 12.4 Å². The number of pyridine rings is 1. The number of nitrogens with two attached hydrogens (primary N) is 1. The lowest BCUT2D eigenvalue weighted by Gasteiger charge is -2.58. The maximum atomic E-state index is 15.6. The molecule has 1 aliphatic carbocycles. The average molecular weight is 414 g/mol. The van der Waals surface area contributed by atoms with Crippen molar-refractivity contribution in [2.45, 2.75) is 43.5 Å². The fraction of sp³-hybridized carbons (Fsp3) is 0.700. The normalized spacial score (nSPS) is 32.4. The number of halogens is 2. The minimum Gasteiger partial charge on any atom is -0.381 e. The molecular weight excluding hydrogens is 385 g/mol.